The highest BCUT2D eigenvalue weighted by Crippen LogP contribution is 2.30. The normalized spacial score (nSPS) is 12.4. The van der Waals surface area contributed by atoms with E-state index in [0.717, 1.165) is 6.07 Å². The second-order valence-corrected chi connectivity index (χ2v) is 6.54. The molecular weight excluding hydrogens is 406 g/mol. The Bertz CT molecular complexity index is 1130. The number of nitrogens with two attached hydrogens (primary N) is 3. The van der Waals surface area contributed by atoms with Gasteiger partial charge in [0, 0.05) is 21.5 Å². The summed E-state index contributed by atoms with van der Waals surface area (Å²) in [6.07, 6.45) is 0. The topological polar surface area (TPSA) is 150 Å². The van der Waals surface area contributed by atoms with Crippen molar-refractivity contribution in [1.29, 1.82) is 0 Å². The number of carbonyl (C=O) groups excluding carboxylic acids is 1. The molecule has 9 nitrogen and oxygen atoms in total. The summed E-state index contributed by atoms with van der Waals surface area (Å²) in [6.45, 7) is 1.70. The zero-order chi connectivity index (χ0) is 21.3. The molecule has 0 bridgehead atoms. The number of amides is 1. The van der Waals surface area contributed by atoms with E-state index in [9.17, 15) is 13.6 Å². The molecule has 0 radical (unpaired) electrons. The predicted molar refractivity (Wildman–Crippen MR) is 104 cm³/mol. The molecule has 0 saturated carbocycles. The van der Waals surface area contributed by atoms with Crippen LogP contribution in [-0.2, 0) is 12.5 Å². The fraction of sp³-hybridized carbons (Fsp3) is 0.176. The largest absolute Gasteiger partial charge is 0.366 e. The minimum atomic E-state index is -3.66. The molecule has 2 heterocycles. The molecule has 0 aliphatic rings. The summed E-state index contributed by atoms with van der Waals surface area (Å²) >= 11 is 6.22. The summed E-state index contributed by atoms with van der Waals surface area (Å²) in [6, 6.07) is 7.28. The average molecular weight is 423 g/mol. The number of fused-ring (bicyclic) bond motifs is 1. The third-order valence-electron chi connectivity index (χ3n) is 4.36. The third kappa shape index (κ3) is 3.57. The van der Waals surface area contributed by atoms with E-state index in [1.165, 1.54) is 16.8 Å². The van der Waals surface area contributed by atoms with E-state index in [1.807, 2.05) is 0 Å². The molecule has 0 saturated heterocycles. The van der Waals surface area contributed by atoms with E-state index in [2.05, 4.69) is 15.2 Å². The molecule has 12 heteroatoms. The Balaban J connectivity index is 2.15. The van der Waals surface area contributed by atoms with Crippen molar-refractivity contribution in [3.8, 4) is 0 Å². The Morgan fingerprint density at radius 1 is 1.34 bits per heavy atom. The lowest BCUT2D eigenvalue weighted by Gasteiger charge is -2.17. The first-order chi connectivity index (χ1) is 13.7. The summed E-state index contributed by atoms with van der Waals surface area (Å²) in [5.74, 6) is 4.77. The van der Waals surface area contributed by atoms with E-state index in [1.54, 1.807) is 24.5 Å². The van der Waals surface area contributed by atoms with Gasteiger partial charge in [-0.05, 0) is 31.2 Å². The van der Waals surface area contributed by atoms with Crippen molar-refractivity contribution in [2.24, 2.45) is 22.5 Å². The van der Waals surface area contributed by atoms with Gasteiger partial charge in [0.2, 0.25) is 11.7 Å². The van der Waals surface area contributed by atoms with Crippen molar-refractivity contribution in [2.75, 3.05) is 0 Å². The molecular formula is C17H17ClF2N8O. The van der Waals surface area contributed by atoms with Crippen LogP contribution >= 0.6 is 11.6 Å². The number of nitrogens with zero attached hydrogens (tertiary/aromatic N) is 4. The number of pyridine rings is 1. The van der Waals surface area contributed by atoms with Gasteiger partial charge in [-0.3, -0.25) is 4.79 Å². The van der Waals surface area contributed by atoms with Crippen LogP contribution in [0, 0.1) is 6.92 Å². The molecule has 0 atom stereocenters. The van der Waals surface area contributed by atoms with E-state index in [4.69, 9.17) is 29.0 Å². The van der Waals surface area contributed by atoms with Gasteiger partial charge >= 0.3 is 5.92 Å². The molecule has 2 aromatic heterocycles. The minimum Gasteiger partial charge on any atom is -0.366 e. The van der Waals surface area contributed by atoms with Gasteiger partial charge in [-0.25, -0.2) is 15.5 Å². The number of amidine groups is 1. The number of halogens is 3. The van der Waals surface area contributed by atoms with Crippen molar-refractivity contribution in [1.82, 2.24) is 20.2 Å². The Hall–Kier alpha value is -3.31. The standard InChI is InChI=1S/C17H17ClF2N8O/c1-8-9-5-6-13(17(19,20)16(25-22)26-23)24-15(9)28(27-8)7-11-10(14(21)29)3-2-4-12(11)18/h2-6H,7,22-23H2,1H3,(H2,21,29)(H,25,26). The lowest BCUT2D eigenvalue weighted by atomic mass is 10.1. The van der Waals surface area contributed by atoms with Gasteiger partial charge in [0.25, 0.3) is 0 Å². The molecule has 3 aromatic rings. The molecule has 0 aliphatic carbocycles. The highest BCUT2D eigenvalue weighted by molar-refractivity contribution is 6.31. The number of hydrogen-bond acceptors (Lipinski definition) is 6. The smallest absolute Gasteiger partial charge is 0.349 e. The second-order valence-electron chi connectivity index (χ2n) is 6.14. The number of hydrazone groups is 1. The fourth-order valence-corrected chi connectivity index (χ4v) is 3.16. The van der Waals surface area contributed by atoms with Crippen molar-refractivity contribution in [2.45, 2.75) is 19.4 Å². The number of hydrogen-bond donors (Lipinski definition) is 4. The first-order valence-electron chi connectivity index (χ1n) is 8.25. The molecule has 29 heavy (non-hydrogen) atoms. The van der Waals surface area contributed by atoms with E-state index in [0.29, 0.717) is 16.6 Å². The number of carbonyl (C=O) groups is 1. The average Bonchev–Trinajstić information content (AvgIpc) is 2.99. The van der Waals surface area contributed by atoms with Crippen LogP contribution in [-0.4, -0.2) is 26.5 Å². The molecule has 1 aromatic carbocycles. The lowest BCUT2D eigenvalue weighted by molar-refractivity contribution is 0.0666. The lowest BCUT2D eigenvalue weighted by Crippen LogP contribution is -2.43. The Kier molecular flexibility index (Phi) is 5.36. The van der Waals surface area contributed by atoms with Crippen LogP contribution in [0.3, 0.4) is 0 Å². The Labute approximate surface area is 168 Å². The first kappa shape index (κ1) is 20.4. The Morgan fingerprint density at radius 2 is 2.07 bits per heavy atom. The first-order valence-corrected chi connectivity index (χ1v) is 8.63. The van der Waals surface area contributed by atoms with Crippen LogP contribution in [0.15, 0.2) is 35.4 Å². The number of nitrogens with one attached hydrogen (secondary N) is 1. The van der Waals surface area contributed by atoms with Gasteiger partial charge in [0.05, 0.1) is 12.2 Å². The van der Waals surface area contributed by atoms with Crippen LogP contribution in [0.4, 0.5) is 8.78 Å². The fourth-order valence-electron chi connectivity index (χ4n) is 2.93. The molecule has 7 N–H and O–H groups in total. The minimum absolute atomic E-state index is 0.00269. The molecule has 3 rings (SSSR count). The molecule has 0 unspecified atom stereocenters. The quantitative estimate of drug-likeness (QED) is 0.211. The predicted octanol–water partition coefficient (Wildman–Crippen LogP) is 1.37. The van der Waals surface area contributed by atoms with Crippen LogP contribution in [0.2, 0.25) is 5.02 Å². The van der Waals surface area contributed by atoms with Crippen molar-refractivity contribution < 1.29 is 13.6 Å². The molecule has 0 fully saturated rings. The van der Waals surface area contributed by atoms with Gasteiger partial charge in [0.1, 0.15) is 5.69 Å². The third-order valence-corrected chi connectivity index (χ3v) is 4.71. The maximum absolute atomic E-state index is 14.6. The summed E-state index contributed by atoms with van der Waals surface area (Å²) in [7, 11) is 0. The van der Waals surface area contributed by atoms with E-state index >= 15 is 0 Å². The van der Waals surface area contributed by atoms with E-state index < -0.39 is 23.4 Å². The van der Waals surface area contributed by atoms with Crippen LogP contribution < -0.4 is 22.8 Å². The van der Waals surface area contributed by atoms with Crippen molar-refractivity contribution in [3.63, 3.8) is 0 Å². The number of alkyl halides is 2. The summed E-state index contributed by atoms with van der Waals surface area (Å²) in [4.78, 5) is 15.8. The zero-order valence-corrected chi connectivity index (χ0v) is 15.9. The number of primary amides is 1. The van der Waals surface area contributed by atoms with Crippen LogP contribution in [0.1, 0.15) is 27.3 Å². The molecule has 0 spiro atoms. The summed E-state index contributed by atoms with van der Waals surface area (Å²) in [5, 5.41) is 8.14. The van der Waals surface area contributed by atoms with Crippen molar-refractivity contribution in [3.05, 3.63) is 57.9 Å². The Morgan fingerprint density at radius 3 is 2.69 bits per heavy atom. The molecule has 0 aliphatic heterocycles. The number of aryl methyl sites for hydroxylation is 1. The van der Waals surface area contributed by atoms with Gasteiger partial charge < -0.3 is 17.0 Å². The zero-order valence-electron chi connectivity index (χ0n) is 15.2. The van der Waals surface area contributed by atoms with Crippen LogP contribution in [0.5, 0.6) is 0 Å². The van der Waals surface area contributed by atoms with Gasteiger partial charge in [-0.1, -0.05) is 17.7 Å². The highest BCUT2D eigenvalue weighted by atomic mass is 35.5. The van der Waals surface area contributed by atoms with Crippen molar-refractivity contribution >= 4 is 34.4 Å². The molecule has 1 amide bonds. The summed E-state index contributed by atoms with van der Waals surface area (Å²) < 4.78 is 30.6. The van der Waals surface area contributed by atoms with Gasteiger partial charge in [-0.15, -0.1) is 0 Å². The number of hydrazine groups is 1. The van der Waals surface area contributed by atoms with Gasteiger partial charge in [0.15, 0.2) is 5.65 Å². The summed E-state index contributed by atoms with van der Waals surface area (Å²) in [5.41, 5.74) is 7.86. The maximum Gasteiger partial charge on any atom is 0.349 e. The number of benzene rings is 1. The second kappa shape index (κ2) is 7.60. The maximum atomic E-state index is 14.6. The monoisotopic (exact) mass is 422 g/mol. The van der Waals surface area contributed by atoms with E-state index in [-0.39, 0.29) is 22.8 Å². The molecule has 152 valence electrons. The highest BCUT2D eigenvalue weighted by Gasteiger charge is 2.40. The number of rotatable bonds is 5. The van der Waals surface area contributed by atoms with Crippen LogP contribution in [0.25, 0.3) is 11.0 Å². The SMILES string of the molecule is Cc1nn(Cc2c(Cl)cccc2C(N)=O)c2nc(C(F)(F)/C(=N/N)NN)ccc12. The van der Waals surface area contributed by atoms with Gasteiger partial charge in [-0.2, -0.15) is 19.0 Å². The number of aromatic nitrogens is 3.